The number of hydrogen-bond acceptors (Lipinski definition) is 2. The molecule has 1 amide bonds. The van der Waals surface area contributed by atoms with Crippen molar-refractivity contribution in [2.75, 3.05) is 18.4 Å². The highest BCUT2D eigenvalue weighted by Crippen LogP contribution is 2.21. The van der Waals surface area contributed by atoms with E-state index in [1.165, 1.54) is 10.6 Å². The van der Waals surface area contributed by atoms with Gasteiger partial charge >= 0.3 is 0 Å². The number of rotatable bonds is 4. The van der Waals surface area contributed by atoms with Crippen molar-refractivity contribution in [3.63, 3.8) is 0 Å². The highest BCUT2D eigenvalue weighted by Gasteiger charge is 2.32. The summed E-state index contributed by atoms with van der Waals surface area (Å²) < 4.78 is 2.13. The minimum atomic E-state index is -0.0353. The summed E-state index contributed by atoms with van der Waals surface area (Å²) in [7, 11) is 2.05. The van der Waals surface area contributed by atoms with E-state index in [4.69, 9.17) is 16.9 Å². The number of amides is 1. The zero-order valence-electron chi connectivity index (χ0n) is 13.6. The summed E-state index contributed by atoms with van der Waals surface area (Å²) in [5.74, 6) is -0.0353. The first-order valence-electron chi connectivity index (χ1n) is 8.04. The van der Waals surface area contributed by atoms with Gasteiger partial charge in [0.25, 0.3) is 5.91 Å². The number of likely N-dealkylation sites (tertiary alicyclic amines) is 1. The van der Waals surface area contributed by atoms with E-state index >= 15 is 0 Å². The maximum atomic E-state index is 12.4. The van der Waals surface area contributed by atoms with Crippen molar-refractivity contribution in [1.29, 1.82) is 5.26 Å². The smallest absolute Gasteiger partial charge is 0.279 e. The highest BCUT2D eigenvalue weighted by atomic mass is 35.5. The van der Waals surface area contributed by atoms with Crippen LogP contribution >= 0.6 is 11.6 Å². The van der Waals surface area contributed by atoms with Crippen molar-refractivity contribution < 1.29 is 9.69 Å². The van der Waals surface area contributed by atoms with Crippen LogP contribution in [-0.2, 0) is 11.8 Å². The summed E-state index contributed by atoms with van der Waals surface area (Å²) in [6.45, 7) is 1.42. The van der Waals surface area contributed by atoms with Crippen LogP contribution in [0, 0.1) is 11.3 Å². The van der Waals surface area contributed by atoms with Gasteiger partial charge in [-0.25, -0.2) is 0 Å². The SMILES string of the molecule is Cn1cccc1[C@@H]1CCC[NH+]1CC(=O)Nc1ccc(C#N)c(Cl)c1. The van der Waals surface area contributed by atoms with Gasteiger partial charge in [0.1, 0.15) is 12.1 Å². The lowest BCUT2D eigenvalue weighted by molar-refractivity contribution is -0.910. The fourth-order valence-electron chi connectivity index (χ4n) is 3.41. The van der Waals surface area contributed by atoms with Crippen LogP contribution in [0.2, 0.25) is 5.02 Å². The number of hydrogen-bond donors (Lipinski definition) is 2. The number of nitriles is 1. The van der Waals surface area contributed by atoms with Crippen LogP contribution in [0.25, 0.3) is 0 Å². The highest BCUT2D eigenvalue weighted by molar-refractivity contribution is 6.32. The van der Waals surface area contributed by atoms with E-state index in [-0.39, 0.29) is 5.91 Å². The number of aryl methyl sites for hydroxylation is 1. The van der Waals surface area contributed by atoms with Gasteiger partial charge in [-0.15, -0.1) is 0 Å². The molecule has 24 heavy (non-hydrogen) atoms. The maximum absolute atomic E-state index is 12.4. The monoisotopic (exact) mass is 343 g/mol. The molecule has 0 spiro atoms. The van der Waals surface area contributed by atoms with Crippen molar-refractivity contribution >= 4 is 23.2 Å². The molecule has 1 aromatic carbocycles. The van der Waals surface area contributed by atoms with Crippen molar-refractivity contribution in [1.82, 2.24) is 4.57 Å². The average molecular weight is 344 g/mol. The van der Waals surface area contributed by atoms with Crippen molar-refractivity contribution in [3.05, 3.63) is 52.8 Å². The molecule has 0 saturated carbocycles. The minimum Gasteiger partial charge on any atom is -0.350 e. The van der Waals surface area contributed by atoms with E-state index in [0.717, 1.165) is 19.4 Å². The molecule has 0 aliphatic carbocycles. The molecule has 2 aromatic rings. The molecule has 1 unspecified atom stereocenters. The van der Waals surface area contributed by atoms with E-state index in [9.17, 15) is 4.79 Å². The Hall–Kier alpha value is -2.29. The summed E-state index contributed by atoms with van der Waals surface area (Å²) in [5, 5.41) is 12.1. The van der Waals surface area contributed by atoms with E-state index in [1.54, 1.807) is 18.2 Å². The third kappa shape index (κ3) is 3.45. The van der Waals surface area contributed by atoms with Crippen molar-refractivity contribution in [3.8, 4) is 6.07 Å². The average Bonchev–Trinajstić information content (AvgIpc) is 3.16. The number of quaternary nitrogens is 1. The normalized spacial score (nSPS) is 19.9. The third-order valence-corrected chi connectivity index (χ3v) is 4.90. The Morgan fingerprint density at radius 3 is 3.00 bits per heavy atom. The molecule has 2 atom stereocenters. The molecule has 0 radical (unpaired) electrons. The number of nitrogens with zero attached hydrogens (tertiary/aromatic N) is 2. The molecule has 1 saturated heterocycles. The van der Waals surface area contributed by atoms with E-state index in [0.29, 0.717) is 28.9 Å². The molecule has 1 fully saturated rings. The molecule has 6 heteroatoms. The van der Waals surface area contributed by atoms with Gasteiger partial charge in [0.15, 0.2) is 6.54 Å². The predicted octanol–water partition coefficient (Wildman–Crippen LogP) is 1.91. The van der Waals surface area contributed by atoms with Gasteiger partial charge in [-0.1, -0.05) is 11.6 Å². The number of halogens is 1. The second-order valence-corrected chi connectivity index (χ2v) is 6.59. The van der Waals surface area contributed by atoms with Gasteiger partial charge < -0.3 is 14.8 Å². The Morgan fingerprint density at radius 1 is 1.50 bits per heavy atom. The standard InChI is InChI=1S/C18H19ClN4O/c1-22-8-2-4-16(22)17-5-3-9-23(17)12-18(24)21-14-7-6-13(11-20)15(19)10-14/h2,4,6-8,10,17H,3,5,9,12H2,1H3,(H,21,24)/p+1/t17-/m0/s1. The third-order valence-electron chi connectivity index (χ3n) is 4.59. The molecule has 124 valence electrons. The number of aromatic nitrogens is 1. The van der Waals surface area contributed by atoms with Gasteiger partial charge in [-0.2, -0.15) is 5.26 Å². The lowest BCUT2D eigenvalue weighted by atomic mass is 10.1. The first-order valence-corrected chi connectivity index (χ1v) is 8.41. The summed E-state index contributed by atoms with van der Waals surface area (Å²) in [6.07, 6.45) is 4.27. The lowest BCUT2D eigenvalue weighted by Gasteiger charge is -2.21. The Balaban J connectivity index is 1.65. The molecule has 1 aliphatic rings. The topological polar surface area (TPSA) is 62.3 Å². The first kappa shape index (κ1) is 16.6. The summed E-state index contributed by atoms with van der Waals surface area (Å²) in [4.78, 5) is 13.7. The molecule has 1 aliphatic heterocycles. The number of anilines is 1. The molecular formula is C18H20ClN4O+. The van der Waals surface area contributed by atoms with E-state index < -0.39 is 0 Å². The van der Waals surface area contributed by atoms with Gasteiger partial charge in [-0.3, -0.25) is 4.79 Å². The molecule has 5 nitrogen and oxygen atoms in total. The fraction of sp³-hybridized carbons (Fsp3) is 0.333. The van der Waals surface area contributed by atoms with E-state index in [1.807, 2.05) is 25.4 Å². The maximum Gasteiger partial charge on any atom is 0.279 e. The first-order chi connectivity index (χ1) is 11.6. The summed E-state index contributed by atoms with van der Waals surface area (Å²) in [6, 6.07) is 11.5. The summed E-state index contributed by atoms with van der Waals surface area (Å²) >= 11 is 6.01. The number of nitrogens with one attached hydrogen (secondary N) is 2. The minimum absolute atomic E-state index is 0.0353. The largest absolute Gasteiger partial charge is 0.350 e. The Bertz CT molecular complexity index is 793. The van der Waals surface area contributed by atoms with E-state index in [2.05, 4.69) is 16.0 Å². The lowest BCUT2D eigenvalue weighted by Crippen LogP contribution is -3.11. The van der Waals surface area contributed by atoms with Crippen LogP contribution in [0.3, 0.4) is 0 Å². The fourth-order valence-corrected chi connectivity index (χ4v) is 3.63. The van der Waals surface area contributed by atoms with Crippen LogP contribution in [0.1, 0.15) is 30.1 Å². The molecular weight excluding hydrogens is 324 g/mol. The van der Waals surface area contributed by atoms with Crippen LogP contribution in [-0.4, -0.2) is 23.6 Å². The van der Waals surface area contributed by atoms with Gasteiger partial charge in [0.2, 0.25) is 0 Å². The van der Waals surface area contributed by atoms with Gasteiger partial charge in [0.05, 0.1) is 22.8 Å². The second kappa shape index (κ2) is 7.08. The molecule has 0 bridgehead atoms. The van der Waals surface area contributed by atoms with Crippen molar-refractivity contribution in [2.45, 2.75) is 18.9 Å². The molecule has 2 heterocycles. The number of carbonyl (C=O) groups is 1. The Labute approximate surface area is 146 Å². The van der Waals surface area contributed by atoms with Crippen LogP contribution < -0.4 is 10.2 Å². The van der Waals surface area contributed by atoms with Gasteiger partial charge in [0, 0.05) is 31.8 Å². The number of benzene rings is 1. The summed E-state index contributed by atoms with van der Waals surface area (Å²) in [5.41, 5.74) is 2.30. The predicted molar refractivity (Wildman–Crippen MR) is 92.9 cm³/mol. The second-order valence-electron chi connectivity index (χ2n) is 6.18. The zero-order valence-corrected chi connectivity index (χ0v) is 14.3. The van der Waals surface area contributed by atoms with Crippen LogP contribution in [0.5, 0.6) is 0 Å². The van der Waals surface area contributed by atoms with Gasteiger partial charge in [-0.05, 0) is 30.3 Å². The van der Waals surface area contributed by atoms with Crippen LogP contribution in [0.15, 0.2) is 36.5 Å². The molecule has 2 N–H and O–H groups in total. The zero-order chi connectivity index (χ0) is 17.1. The van der Waals surface area contributed by atoms with Crippen LogP contribution in [0.4, 0.5) is 5.69 Å². The Morgan fingerprint density at radius 2 is 2.33 bits per heavy atom. The Kier molecular flexibility index (Phi) is 4.89. The molecule has 3 rings (SSSR count). The van der Waals surface area contributed by atoms with Crippen molar-refractivity contribution in [2.24, 2.45) is 7.05 Å². The molecule has 1 aromatic heterocycles. The quantitative estimate of drug-likeness (QED) is 0.890. The number of carbonyl (C=O) groups excluding carboxylic acids is 1.